The Hall–Kier alpha value is -2.36. The van der Waals surface area contributed by atoms with Crippen molar-refractivity contribution in [2.45, 2.75) is 81.9 Å². The standard InChI is InChI=1S/C32H47NO12/c1-42-30(41)23-16-43-31(45-32-28(38)27(37)26(36)24(15-35)44-32)22-12-19-5-3-2-4-18(19)6-7-20(25(22)23)10-17-11-21(29(39)40)14-33(13-17)8-9-34/h10,12,16-18,21-22,24-28,31-32,34-38H,2-9,11,13-15H2,1H3,(H,39,40). The van der Waals surface area contributed by atoms with Crippen molar-refractivity contribution in [2.24, 2.45) is 29.6 Å². The van der Waals surface area contributed by atoms with Crippen molar-refractivity contribution in [2.75, 3.05) is 40.0 Å². The number of fused-ring (bicyclic) bond motifs is 2. The molecule has 3 fully saturated rings. The molecule has 252 valence electrons. The topological polar surface area (TPSA) is 200 Å². The summed E-state index contributed by atoms with van der Waals surface area (Å²) in [5, 5.41) is 62.6. The molecule has 12 atom stereocenters. The molecule has 0 aromatic heterocycles. The summed E-state index contributed by atoms with van der Waals surface area (Å²) in [6, 6.07) is 0. The van der Waals surface area contributed by atoms with E-state index in [4.69, 9.17) is 18.9 Å². The average Bonchev–Trinajstić information content (AvgIpc) is 3.03. The van der Waals surface area contributed by atoms with Crippen molar-refractivity contribution in [1.29, 1.82) is 0 Å². The molecule has 3 heterocycles. The zero-order chi connectivity index (χ0) is 32.2. The Bertz CT molecular complexity index is 1150. The van der Waals surface area contributed by atoms with E-state index in [-0.39, 0.29) is 18.1 Å². The molecule has 45 heavy (non-hydrogen) atoms. The van der Waals surface area contributed by atoms with Crippen molar-refractivity contribution in [3.63, 3.8) is 0 Å². The first-order valence-corrected chi connectivity index (χ1v) is 16.1. The Morgan fingerprint density at radius 2 is 1.87 bits per heavy atom. The second-order valence-electron chi connectivity index (χ2n) is 13.1. The number of carboxylic acid groups (broad SMARTS) is 1. The molecule has 2 saturated heterocycles. The first-order chi connectivity index (χ1) is 21.6. The maximum atomic E-state index is 13.2. The molecule has 0 amide bonds. The lowest BCUT2D eigenvalue weighted by Gasteiger charge is -2.44. The fraction of sp³-hybridized carbons (Fsp3) is 0.750. The fourth-order valence-corrected chi connectivity index (χ4v) is 7.91. The van der Waals surface area contributed by atoms with Crippen molar-refractivity contribution in [1.82, 2.24) is 0 Å². The summed E-state index contributed by atoms with van der Waals surface area (Å²) in [5.41, 5.74) is 2.44. The molecule has 13 nitrogen and oxygen atoms in total. The average molecular weight is 638 g/mol. The van der Waals surface area contributed by atoms with Crippen LogP contribution in [0.4, 0.5) is 0 Å². The number of quaternary nitrogens is 1. The number of carbonyl (C=O) groups is 2. The van der Waals surface area contributed by atoms with Crippen LogP contribution in [0, 0.1) is 29.6 Å². The van der Waals surface area contributed by atoms with Gasteiger partial charge in [-0.1, -0.05) is 29.7 Å². The van der Waals surface area contributed by atoms with E-state index in [9.17, 15) is 40.2 Å². The van der Waals surface area contributed by atoms with E-state index < -0.39 is 73.3 Å². The van der Waals surface area contributed by atoms with E-state index in [1.54, 1.807) is 0 Å². The first-order valence-electron chi connectivity index (χ1n) is 16.1. The number of hydrogen-bond donors (Lipinski definition) is 6. The fourth-order valence-electron chi connectivity index (χ4n) is 7.91. The number of likely N-dealkylation sites (tertiary alicyclic amines) is 1. The van der Waals surface area contributed by atoms with Crippen LogP contribution in [0.5, 0.6) is 0 Å². The van der Waals surface area contributed by atoms with E-state index in [1.165, 1.54) is 18.9 Å². The van der Waals surface area contributed by atoms with Crippen molar-refractivity contribution < 1.29 is 64.1 Å². The molecule has 6 N–H and O–H groups in total. The summed E-state index contributed by atoms with van der Waals surface area (Å²) in [6.07, 6.45) is 2.84. The number of allylic oxidation sites excluding steroid dienone is 2. The number of aliphatic carboxylic acids is 1. The number of aliphatic hydroxyl groups is 5. The van der Waals surface area contributed by atoms with Crippen molar-refractivity contribution >= 4 is 11.9 Å². The number of nitrogens with one attached hydrogen (secondary N) is 1. The molecule has 1 saturated carbocycles. The van der Waals surface area contributed by atoms with E-state index in [2.05, 4.69) is 12.2 Å². The molecule has 13 heteroatoms. The molecule has 0 radical (unpaired) electrons. The van der Waals surface area contributed by atoms with Gasteiger partial charge in [0.15, 0.2) is 6.29 Å². The highest BCUT2D eigenvalue weighted by Crippen LogP contribution is 2.47. The number of esters is 1. The molecule has 3 aliphatic heterocycles. The molecule has 0 aromatic rings. The van der Waals surface area contributed by atoms with Gasteiger partial charge in [-0.05, 0) is 44.4 Å². The molecular formula is C32H47NO12. The lowest BCUT2D eigenvalue weighted by atomic mass is 9.69. The zero-order valence-corrected chi connectivity index (χ0v) is 25.7. The molecular weight excluding hydrogens is 590 g/mol. The molecule has 5 rings (SSSR count). The molecule has 0 spiro atoms. The van der Waals surface area contributed by atoms with Gasteiger partial charge in [0.2, 0.25) is 6.29 Å². The second-order valence-corrected chi connectivity index (χ2v) is 13.1. The summed E-state index contributed by atoms with van der Waals surface area (Å²) in [5.74, 6) is -3.37. The Morgan fingerprint density at radius 3 is 2.58 bits per heavy atom. The van der Waals surface area contributed by atoms with Crippen LogP contribution in [0.3, 0.4) is 0 Å². The van der Waals surface area contributed by atoms with E-state index in [0.29, 0.717) is 38.4 Å². The lowest BCUT2D eigenvalue weighted by Crippen LogP contribution is -3.15. The first kappa shape index (κ1) is 34.0. The van der Waals surface area contributed by atoms with Crippen LogP contribution in [0.25, 0.3) is 0 Å². The third-order valence-corrected chi connectivity index (χ3v) is 10.2. The van der Waals surface area contributed by atoms with Gasteiger partial charge in [-0.15, -0.1) is 0 Å². The molecule has 0 bridgehead atoms. The van der Waals surface area contributed by atoms with E-state index >= 15 is 0 Å². The molecule has 12 unspecified atom stereocenters. The lowest BCUT2D eigenvalue weighted by molar-refractivity contribution is -0.911. The predicted molar refractivity (Wildman–Crippen MR) is 153 cm³/mol. The normalized spacial score (nSPS) is 41.3. The maximum Gasteiger partial charge on any atom is 0.337 e. The van der Waals surface area contributed by atoms with Crippen LogP contribution in [0.1, 0.15) is 44.9 Å². The van der Waals surface area contributed by atoms with Gasteiger partial charge in [0.1, 0.15) is 31.0 Å². The number of ether oxygens (including phenoxy) is 4. The number of carboxylic acids is 1. The van der Waals surface area contributed by atoms with Crippen molar-refractivity contribution in [3.05, 3.63) is 35.1 Å². The highest BCUT2D eigenvalue weighted by Gasteiger charge is 2.49. The number of carbonyl (C=O) groups excluding carboxylic acids is 2. The molecule has 5 aliphatic rings. The van der Waals surface area contributed by atoms with Crippen LogP contribution in [-0.2, 0) is 28.5 Å². The van der Waals surface area contributed by atoms with Crippen LogP contribution in [-0.4, -0.2) is 114 Å². The summed E-state index contributed by atoms with van der Waals surface area (Å²) in [4.78, 5) is 26.1. The largest absolute Gasteiger partial charge is 0.550 e. The van der Waals surface area contributed by atoms with Gasteiger partial charge >= 0.3 is 5.97 Å². The minimum absolute atomic E-state index is 0.0676. The van der Waals surface area contributed by atoms with Crippen LogP contribution >= 0.6 is 0 Å². The van der Waals surface area contributed by atoms with Crippen molar-refractivity contribution in [3.8, 4) is 0 Å². The summed E-state index contributed by atoms with van der Waals surface area (Å²) in [6.45, 7) is 0.728. The van der Waals surface area contributed by atoms with Gasteiger partial charge < -0.3 is 59.3 Å². The number of aliphatic hydroxyl groups excluding tert-OH is 5. The van der Waals surface area contributed by atoms with Gasteiger partial charge in [0.25, 0.3) is 0 Å². The third kappa shape index (κ3) is 7.46. The highest BCUT2D eigenvalue weighted by atomic mass is 16.8. The number of methoxy groups -OCH3 is 1. The Balaban J connectivity index is 1.54. The molecule has 0 aromatic carbocycles. The van der Waals surface area contributed by atoms with Gasteiger partial charge in [0, 0.05) is 17.8 Å². The second kappa shape index (κ2) is 15.0. The quantitative estimate of drug-likeness (QED) is 0.121. The SMILES string of the molecule is COC(=O)C1=COC(OC2OC(CO)C(O)C(O)C2O)C2C=C3CCCCC3CCC(=CC3CC(C(=O)[O-])C[NH+](CCO)C3)C12. The van der Waals surface area contributed by atoms with Gasteiger partial charge in [-0.2, -0.15) is 0 Å². The Morgan fingerprint density at radius 1 is 1.07 bits per heavy atom. The van der Waals surface area contributed by atoms with Gasteiger partial charge in [-0.25, -0.2) is 4.79 Å². The Labute approximate surface area is 262 Å². The smallest absolute Gasteiger partial charge is 0.337 e. The van der Waals surface area contributed by atoms with E-state index in [1.807, 2.05) is 0 Å². The third-order valence-electron chi connectivity index (χ3n) is 10.2. The number of piperidine rings is 1. The van der Waals surface area contributed by atoms with E-state index in [0.717, 1.165) is 42.6 Å². The van der Waals surface area contributed by atoms with Crippen LogP contribution < -0.4 is 10.0 Å². The van der Waals surface area contributed by atoms with Crippen LogP contribution in [0.15, 0.2) is 35.1 Å². The highest BCUT2D eigenvalue weighted by molar-refractivity contribution is 5.89. The summed E-state index contributed by atoms with van der Waals surface area (Å²) in [7, 11) is 1.29. The van der Waals surface area contributed by atoms with Gasteiger partial charge in [0.05, 0.1) is 57.1 Å². The zero-order valence-electron chi connectivity index (χ0n) is 25.7. The summed E-state index contributed by atoms with van der Waals surface area (Å²) < 4.78 is 23.0. The summed E-state index contributed by atoms with van der Waals surface area (Å²) >= 11 is 0. The van der Waals surface area contributed by atoms with Gasteiger partial charge in [-0.3, -0.25) is 0 Å². The monoisotopic (exact) mass is 637 g/mol. The number of hydrogen-bond acceptors (Lipinski definition) is 12. The minimum Gasteiger partial charge on any atom is -0.550 e. The number of rotatable bonds is 8. The van der Waals surface area contributed by atoms with Crippen LogP contribution in [0.2, 0.25) is 0 Å². The predicted octanol–water partition coefficient (Wildman–Crippen LogP) is -2.45. The minimum atomic E-state index is -1.64. The Kier molecular flexibility index (Phi) is 11.4. The molecule has 2 aliphatic carbocycles. The maximum absolute atomic E-state index is 13.2.